The number of rotatable bonds is 15. The van der Waals surface area contributed by atoms with Gasteiger partial charge in [-0.15, -0.1) is 6.58 Å². The molecular weight excluding hydrogens is 704 g/mol. The van der Waals surface area contributed by atoms with Gasteiger partial charge in [-0.3, -0.25) is 14.4 Å². The Hall–Kier alpha value is -4.23. The van der Waals surface area contributed by atoms with E-state index in [4.69, 9.17) is 30.5 Å². The molecule has 1 aliphatic rings. The minimum absolute atomic E-state index is 0.0421. The van der Waals surface area contributed by atoms with Crippen LogP contribution in [0.25, 0.3) is 0 Å². The van der Waals surface area contributed by atoms with Crippen LogP contribution in [0, 0.1) is 17.8 Å². The van der Waals surface area contributed by atoms with Crippen molar-refractivity contribution in [2.45, 2.75) is 83.3 Å². The summed E-state index contributed by atoms with van der Waals surface area (Å²) in [5.41, 5.74) is 1.12. The highest BCUT2D eigenvalue weighted by atomic mass is 35.5. The van der Waals surface area contributed by atoms with Gasteiger partial charge in [-0.2, -0.15) is 0 Å². The summed E-state index contributed by atoms with van der Waals surface area (Å²) in [6.07, 6.45) is 0.159. The van der Waals surface area contributed by atoms with Gasteiger partial charge in [0, 0.05) is 31.9 Å². The Kier molecular flexibility index (Phi) is 18.0. The summed E-state index contributed by atoms with van der Waals surface area (Å²) in [5, 5.41) is 28.1. The smallest absolute Gasteiger partial charge is 0.347 e. The fourth-order valence-electron chi connectivity index (χ4n) is 5.87. The fourth-order valence-corrected chi connectivity index (χ4v) is 6.15. The molecule has 0 unspecified atom stereocenters. The third-order valence-electron chi connectivity index (χ3n) is 8.92. The van der Waals surface area contributed by atoms with E-state index in [9.17, 15) is 29.4 Å². The minimum Gasteiger partial charge on any atom is -0.495 e. The van der Waals surface area contributed by atoms with Crippen LogP contribution in [0.1, 0.15) is 63.7 Å². The van der Waals surface area contributed by atoms with E-state index >= 15 is 0 Å². The quantitative estimate of drug-likeness (QED) is 0.114. The average molecular weight is 757 g/mol. The number of aliphatic hydroxyl groups excluding tert-OH is 2. The predicted octanol–water partition coefficient (Wildman–Crippen LogP) is 4.65. The molecule has 4 N–H and O–H groups in total. The molecule has 1 aliphatic heterocycles. The molecule has 12 nitrogen and oxygen atoms in total. The highest BCUT2D eigenvalue weighted by Crippen LogP contribution is 2.28. The summed E-state index contributed by atoms with van der Waals surface area (Å²) < 4.78 is 22.5. The van der Waals surface area contributed by atoms with Crippen molar-refractivity contribution in [3.8, 4) is 5.75 Å². The van der Waals surface area contributed by atoms with Crippen LogP contribution >= 0.6 is 11.6 Å². The first-order chi connectivity index (χ1) is 25.3. The van der Waals surface area contributed by atoms with Crippen molar-refractivity contribution in [1.29, 1.82) is 0 Å². The predicted molar refractivity (Wildman–Crippen MR) is 200 cm³/mol. The van der Waals surface area contributed by atoms with Crippen LogP contribution in [0.5, 0.6) is 5.75 Å². The summed E-state index contributed by atoms with van der Waals surface area (Å²) in [5.74, 6) is -4.02. The highest BCUT2D eigenvalue weighted by Gasteiger charge is 2.36. The maximum Gasteiger partial charge on any atom is 0.347 e. The maximum absolute atomic E-state index is 13.7. The second-order valence-corrected chi connectivity index (χ2v) is 14.0. The second kappa shape index (κ2) is 22.1. The number of esters is 2. The number of halogens is 1. The van der Waals surface area contributed by atoms with E-state index in [0.29, 0.717) is 41.5 Å². The molecule has 0 radical (unpaired) electrons. The Morgan fingerprint density at radius 1 is 1.04 bits per heavy atom. The SMILES string of the molecule is C=CCOCCC[C@@H]1CNC(=O)[C@@H](Cc2ccc(OC)c(Cl)c2)NC(=O)/C=C/C[C@@H]([C@H](C)[C@@H](O)[C@H](O)c2ccccc2)OC(=O)[C@H](CC(C)C)OC1=O. The zero-order chi connectivity index (χ0) is 38.9. The first kappa shape index (κ1) is 43.2. The summed E-state index contributed by atoms with van der Waals surface area (Å²) in [6.45, 7) is 9.50. The van der Waals surface area contributed by atoms with Crippen LogP contribution in [0.4, 0.5) is 0 Å². The topological polar surface area (TPSA) is 170 Å². The zero-order valence-electron chi connectivity index (χ0n) is 30.9. The fraction of sp³-hybridized carbons (Fsp3) is 0.500. The molecule has 53 heavy (non-hydrogen) atoms. The molecule has 0 spiro atoms. The zero-order valence-corrected chi connectivity index (χ0v) is 31.6. The van der Waals surface area contributed by atoms with Crippen molar-refractivity contribution in [3.05, 3.63) is 89.5 Å². The lowest BCUT2D eigenvalue weighted by Crippen LogP contribution is -2.49. The van der Waals surface area contributed by atoms with Gasteiger partial charge >= 0.3 is 11.9 Å². The summed E-state index contributed by atoms with van der Waals surface area (Å²) in [4.78, 5) is 54.4. The van der Waals surface area contributed by atoms with Gasteiger partial charge in [0.15, 0.2) is 6.10 Å². The number of benzene rings is 2. The molecule has 1 heterocycles. The third-order valence-corrected chi connectivity index (χ3v) is 9.22. The molecule has 2 aromatic rings. The Bertz CT molecular complexity index is 1530. The Balaban J connectivity index is 1.98. The lowest BCUT2D eigenvalue weighted by molar-refractivity contribution is -0.179. The molecule has 290 valence electrons. The van der Waals surface area contributed by atoms with Gasteiger partial charge in [0.25, 0.3) is 0 Å². The van der Waals surface area contributed by atoms with Crippen molar-refractivity contribution in [1.82, 2.24) is 10.6 Å². The summed E-state index contributed by atoms with van der Waals surface area (Å²) in [7, 11) is 1.49. The van der Waals surface area contributed by atoms with E-state index in [1.807, 2.05) is 13.8 Å². The van der Waals surface area contributed by atoms with Gasteiger partial charge in [0.2, 0.25) is 11.8 Å². The first-order valence-corrected chi connectivity index (χ1v) is 18.3. The van der Waals surface area contributed by atoms with Crippen molar-refractivity contribution < 1.29 is 48.3 Å². The monoisotopic (exact) mass is 756 g/mol. The van der Waals surface area contributed by atoms with Crippen LogP contribution in [-0.4, -0.2) is 85.2 Å². The van der Waals surface area contributed by atoms with E-state index in [1.165, 1.54) is 19.3 Å². The third kappa shape index (κ3) is 13.9. The van der Waals surface area contributed by atoms with E-state index in [1.54, 1.807) is 61.5 Å². The Morgan fingerprint density at radius 3 is 2.43 bits per heavy atom. The largest absolute Gasteiger partial charge is 0.495 e. The molecule has 2 amide bonds. The molecule has 0 bridgehead atoms. The molecule has 13 heteroatoms. The maximum atomic E-state index is 13.7. The van der Waals surface area contributed by atoms with E-state index in [0.717, 1.165) is 0 Å². The number of hydrogen-bond acceptors (Lipinski definition) is 10. The van der Waals surface area contributed by atoms with Crippen LogP contribution in [-0.2, 0) is 39.8 Å². The number of carbonyl (C=O) groups excluding carboxylic acids is 4. The first-order valence-electron chi connectivity index (χ1n) is 17.9. The van der Waals surface area contributed by atoms with Crippen LogP contribution in [0.15, 0.2) is 73.3 Å². The van der Waals surface area contributed by atoms with Gasteiger partial charge in [-0.25, -0.2) is 4.79 Å². The van der Waals surface area contributed by atoms with E-state index in [2.05, 4.69) is 17.2 Å². The van der Waals surface area contributed by atoms with Gasteiger partial charge < -0.3 is 39.8 Å². The molecule has 0 fully saturated rings. The molecule has 0 aromatic heterocycles. The number of hydrogen-bond donors (Lipinski definition) is 4. The van der Waals surface area contributed by atoms with Gasteiger partial charge in [-0.05, 0) is 54.5 Å². The van der Waals surface area contributed by atoms with Crippen molar-refractivity contribution in [3.63, 3.8) is 0 Å². The number of cyclic esters (lactones) is 2. The highest BCUT2D eigenvalue weighted by molar-refractivity contribution is 6.32. The van der Waals surface area contributed by atoms with Crippen LogP contribution in [0.2, 0.25) is 5.02 Å². The van der Waals surface area contributed by atoms with Gasteiger partial charge in [0.05, 0.1) is 30.8 Å². The molecular formula is C40H53ClN2O10. The van der Waals surface area contributed by atoms with Crippen LogP contribution in [0.3, 0.4) is 0 Å². The van der Waals surface area contributed by atoms with E-state index in [-0.39, 0.29) is 38.1 Å². The number of ether oxygens (including phenoxy) is 4. The molecule has 0 aliphatic carbocycles. The average Bonchev–Trinajstić information content (AvgIpc) is 3.13. The number of amides is 2. The van der Waals surface area contributed by atoms with Crippen molar-refractivity contribution in [2.24, 2.45) is 17.8 Å². The normalized spacial score (nSPS) is 22.8. The van der Waals surface area contributed by atoms with Crippen LogP contribution < -0.4 is 15.4 Å². The second-order valence-electron chi connectivity index (χ2n) is 13.6. The number of carbonyl (C=O) groups is 4. The molecule has 0 saturated carbocycles. The summed E-state index contributed by atoms with van der Waals surface area (Å²) in [6, 6.07) is 12.5. The number of methoxy groups -OCH3 is 1. The summed E-state index contributed by atoms with van der Waals surface area (Å²) >= 11 is 6.34. The van der Waals surface area contributed by atoms with Gasteiger partial charge in [-0.1, -0.05) is 80.9 Å². The van der Waals surface area contributed by atoms with E-state index < -0.39 is 66.0 Å². The molecule has 7 atom stereocenters. The molecule has 0 saturated heterocycles. The van der Waals surface area contributed by atoms with Gasteiger partial charge in [0.1, 0.15) is 24.0 Å². The molecule has 3 rings (SSSR count). The minimum atomic E-state index is -1.37. The number of aliphatic hydroxyl groups is 2. The lowest BCUT2D eigenvalue weighted by atomic mass is 9.89. The van der Waals surface area contributed by atoms with Crippen molar-refractivity contribution in [2.75, 3.05) is 26.9 Å². The Labute approximate surface area is 316 Å². The Morgan fingerprint density at radius 2 is 1.77 bits per heavy atom. The lowest BCUT2D eigenvalue weighted by Gasteiger charge is -2.31. The van der Waals surface area contributed by atoms with Crippen molar-refractivity contribution >= 4 is 35.4 Å². The number of nitrogens with one attached hydrogen (secondary N) is 2. The standard InChI is InChI=1S/C40H53ClN2O10/c1-6-19-51-20-11-14-29-24-42-38(47)31(23-27-17-18-33(50-5)30(41)22-27)43-35(44)16-10-15-32(52-40(49)34(21-25(2)3)53-39(29)48)26(4)36(45)37(46)28-12-8-7-9-13-28/h6-10,12-13,16-18,22,25-26,29,31-32,34,36-37,45-46H,1,11,14-15,19-21,23-24H2,2-5H3,(H,42,47)(H,43,44)/b16-10+/t26-,29+,31+,32-,34-,36+,37+/m0/s1. The molecule has 2 aromatic carbocycles.